The molecule has 28 heavy (non-hydrogen) atoms. The van der Waals surface area contributed by atoms with Crippen LogP contribution in [0.25, 0.3) is 17.0 Å². The molecule has 0 bridgehead atoms. The minimum Gasteiger partial charge on any atom is -0.328 e. The highest BCUT2D eigenvalue weighted by atomic mass is 16.2. The molecule has 0 saturated carbocycles. The second kappa shape index (κ2) is 7.31. The number of aromatic amines is 1. The van der Waals surface area contributed by atoms with Crippen LogP contribution >= 0.6 is 0 Å². The van der Waals surface area contributed by atoms with Crippen LogP contribution in [0, 0.1) is 0 Å². The molecule has 0 spiro atoms. The predicted molar refractivity (Wildman–Crippen MR) is 110 cm³/mol. The van der Waals surface area contributed by atoms with Crippen molar-refractivity contribution in [3.63, 3.8) is 0 Å². The Hall–Kier alpha value is -3.41. The van der Waals surface area contributed by atoms with Gasteiger partial charge in [0.05, 0.1) is 11.7 Å². The van der Waals surface area contributed by atoms with Gasteiger partial charge in [-0.15, -0.1) is 0 Å². The highest BCUT2D eigenvalue weighted by Gasteiger charge is 2.48. The highest BCUT2D eigenvalue weighted by Crippen LogP contribution is 2.32. The lowest BCUT2D eigenvalue weighted by atomic mass is 9.85. The number of hydrogen-bond acceptors (Lipinski definition) is 3. The van der Waals surface area contributed by atoms with Crippen molar-refractivity contribution in [1.82, 2.24) is 15.1 Å². The molecule has 142 valence electrons. The lowest BCUT2D eigenvalue weighted by Crippen LogP contribution is -2.66. The van der Waals surface area contributed by atoms with Crippen LogP contribution in [-0.2, 0) is 9.59 Å². The van der Waals surface area contributed by atoms with Crippen molar-refractivity contribution in [3.05, 3.63) is 66.4 Å². The molecule has 6 heteroatoms. The van der Waals surface area contributed by atoms with E-state index >= 15 is 0 Å². The van der Waals surface area contributed by atoms with E-state index in [9.17, 15) is 9.59 Å². The van der Waals surface area contributed by atoms with Crippen LogP contribution < -0.4 is 5.32 Å². The molecule has 1 aliphatic heterocycles. The Morgan fingerprint density at radius 3 is 2.82 bits per heavy atom. The molecule has 1 unspecified atom stereocenters. The molecule has 1 atom stereocenters. The second-order valence-corrected chi connectivity index (χ2v) is 7.21. The average molecular weight is 374 g/mol. The smallest absolute Gasteiger partial charge is 0.250 e. The number of fused-ring (bicyclic) bond motifs is 1. The molecule has 2 heterocycles. The fraction of sp³-hybridized carbons (Fsp3) is 0.227. The van der Waals surface area contributed by atoms with Crippen molar-refractivity contribution in [2.45, 2.75) is 25.3 Å². The van der Waals surface area contributed by atoms with Crippen LogP contribution in [0.5, 0.6) is 0 Å². The minimum atomic E-state index is -0.816. The second-order valence-electron chi connectivity index (χ2n) is 7.21. The molecule has 2 amide bonds. The first kappa shape index (κ1) is 18.0. The monoisotopic (exact) mass is 374 g/mol. The van der Waals surface area contributed by atoms with Crippen LogP contribution in [0.2, 0.25) is 0 Å². The van der Waals surface area contributed by atoms with Crippen LogP contribution in [0.3, 0.4) is 0 Å². The average Bonchev–Trinajstić information content (AvgIpc) is 3.15. The first-order chi connectivity index (χ1) is 13.6. The summed E-state index contributed by atoms with van der Waals surface area (Å²) < 4.78 is 0. The Morgan fingerprint density at radius 2 is 2.07 bits per heavy atom. The fourth-order valence-electron chi connectivity index (χ4n) is 3.45. The van der Waals surface area contributed by atoms with E-state index < -0.39 is 5.54 Å². The summed E-state index contributed by atoms with van der Waals surface area (Å²) >= 11 is 0. The molecule has 1 aliphatic rings. The number of carbonyl (C=O) groups is 2. The van der Waals surface area contributed by atoms with Crippen LogP contribution in [-0.4, -0.2) is 39.0 Å². The summed E-state index contributed by atoms with van der Waals surface area (Å²) in [5.41, 5.74) is 1.84. The minimum absolute atomic E-state index is 0.0404. The number of likely N-dealkylation sites (tertiary alicyclic amines) is 1. The van der Waals surface area contributed by atoms with Crippen molar-refractivity contribution < 1.29 is 9.59 Å². The zero-order chi connectivity index (χ0) is 19.6. The molecule has 1 saturated heterocycles. The summed E-state index contributed by atoms with van der Waals surface area (Å²) in [4.78, 5) is 27.1. The lowest BCUT2D eigenvalue weighted by molar-refractivity contribution is -0.154. The molecular formula is C22H22N4O2. The molecule has 4 rings (SSSR count). The molecule has 0 radical (unpaired) electrons. The van der Waals surface area contributed by atoms with Crippen molar-refractivity contribution in [1.29, 1.82) is 0 Å². The predicted octanol–water partition coefficient (Wildman–Crippen LogP) is 3.60. The summed E-state index contributed by atoms with van der Waals surface area (Å²) in [5, 5.41) is 10.7. The Bertz CT molecular complexity index is 1040. The third kappa shape index (κ3) is 3.41. The van der Waals surface area contributed by atoms with Crippen molar-refractivity contribution >= 4 is 34.5 Å². The largest absolute Gasteiger partial charge is 0.328 e. The number of benzene rings is 2. The molecule has 1 aromatic heterocycles. The number of aromatic nitrogens is 2. The van der Waals surface area contributed by atoms with Crippen LogP contribution in [0.15, 0.2) is 60.8 Å². The third-order valence-corrected chi connectivity index (χ3v) is 5.31. The zero-order valence-electron chi connectivity index (χ0n) is 15.7. The Labute approximate surface area is 163 Å². The van der Waals surface area contributed by atoms with Gasteiger partial charge in [-0.2, -0.15) is 5.10 Å². The van der Waals surface area contributed by atoms with Crippen LogP contribution in [0.4, 0.5) is 5.69 Å². The molecule has 6 nitrogen and oxygen atoms in total. The quantitative estimate of drug-likeness (QED) is 0.716. The van der Waals surface area contributed by atoms with Gasteiger partial charge < -0.3 is 10.2 Å². The number of hydrogen-bond donors (Lipinski definition) is 2. The topological polar surface area (TPSA) is 78.1 Å². The lowest BCUT2D eigenvalue weighted by Gasteiger charge is -2.49. The molecular weight excluding hydrogens is 352 g/mol. The summed E-state index contributed by atoms with van der Waals surface area (Å²) in [6, 6.07) is 15.4. The Morgan fingerprint density at radius 1 is 1.25 bits per heavy atom. The number of carbonyl (C=O) groups excluding carboxylic acids is 2. The van der Waals surface area contributed by atoms with E-state index in [2.05, 4.69) is 15.5 Å². The van der Waals surface area contributed by atoms with Gasteiger partial charge in [0.1, 0.15) is 5.54 Å². The zero-order valence-corrected chi connectivity index (χ0v) is 15.7. The fourth-order valence-corrected chi connectivity index (χ4v) is 3.45. The van der Waals surface area contributed by atoms with Crippen molar-refractivity contribution in [2.75, 3.05) is 11.9 Å². The Balaban J connectivity index is 1.39. The van der Waals surface area contributed by atoms with E-state index in [0.717, 1.165) is 16.5 Å². The molecule has 0 aliphatic carbocycles. The van der Waals surface area contributed by atoms with Gasteiger partial charge in [-0.25, -0.2) is 0 Å². The van der Waals surface area contributed by atoms with Gasteiger partial charge in [0.25, 0.3) is 0 Å². The van der Waals surface area contributed by atoms with Gasteiger partial charge in [0, 0.05) is 24.0 Å². The van der Waals surface area contributed by atoms with E-state index in [4.69, 9.17) is 0 Å². The molecule has 2 N–H and O–H groups in total. The van der Waals surface area contributed by atoms with E-state index in [-0.39, 0.29) is 18.2 Å². The maximum Gasteiger partial charge on any atom is 0.250 e. The first-order valence-electron chi connectivity index (χ1n) is 9.33. The number of anilines is 1. The SMILES string of the molecule is CC1(C(=O)Nc2ccc3[nH]ncc3c2)CCN1C(=O)C/C=C/c1ccccc1. The van der Waals surface area contributed by atoms with E-state index in [0.29, 0.717) is 18.7 Å². The normalized spacial score (nSPS) is 19.0. The number of H-pyrrole nitrogens is 1. The van der Waals surface area contributed by atoms with Gasteiger partial charge in [-0.05, 0) is 37.1 Å². The summed E-state index contributed by atoms with van der Waals surface area (Å²) in [5.74, 6) is -0.205. The van der Waals surface area contributed by atoms with E-state index in [1.165, 1.54) is 0 Å². The van der Waals surface area contributed by atoms with E-state index in [1.54, 1.807) is 11.1 Å². The van der Waals surface area contributed by atoms with Gasteiger partial charge in [0.2, 0.25) is 11.8 Å². The van der Waals surface area contributed by atoms with Gasteiger partial charge >= 0.3 is 0 Å². The van der Waals surface area contributed by atoms with Gasteiger partial charge in [-0.3, -0.25) is 14.7 Å². The summed E-state index contributed by atoms with van der Waals surface area (Å²) in [6.07, 6.45) is 6.42. The number of nitrogens with zero attached hydrogens (tertiary/aromatic N) is 2. The first-order valence-corrected chi connectivity index (χ1v) is 9.33. The Kier molecular flexibility index (Phi) is 4.69. The standard InChI is InChI=1S/C22H22N4O2/c1-22(21(28)24-18-10-11-19-17(14-18)15-23-25-19)12-13-26(22)20(27)9-5-8-16-6-3-2-4-7-16/h2-8,10-11,14-15H,9,12-13H2,1H3,(H,23,25)(H,24,28)/b8-5+. The number of amides is 2. The highest BCUT2D eigenvalue weighted by molar-refractivity contribution is 6.02. The van der Waals surface area contributed by atoms with Crippen molar-refractivity contribution in [3.8, 4) is 0 Å². The van der Waals surface area contributed by atoms with E-state index in [1.807, 2.05) is 67.6 Å². The molecule has 3 aromatic rings. The van der Waals surface area contributed by atoms with Crippen LogP contribution in [0.1, 0.15) is 25.3 Å². The maximum absolute atomic E-state index is 12.9. The summed E-state index contributed by atoms with van der Waals surface area (Å²) in [6.45, 7) is 2.42. The molecule has 2 aromatic carbocycles. The van der Waals surface area contributed by atoms with Gasteiger partial charge in [0.15, 0.2) is 0 Å². The van der Waals surface area contributed by atoms with Crippen molar-refractivity contribution in [2.24, 2.45) is 0 Å². The maximum atomic E-state index is 12.9. The molecule has 1 fully saturated rings. The number of rotatable bonds is 5. The van der Waals surface area contributed by atoms with Gasteiger partial charge in [-0.1, -0.05) is 42.5 Å². The third-order valence-electron chi connectivity index (χ3n) is 5.31. The summed E-state index contributed by atoms with van der Waals surface area (Å²) in [7, 11) is 0. The number of nitrogens with one attached hydrogen (secondary N) is 2.